The summed E-state index contributed by atoms with van der Waals surface area (Å²) >= 11 is 21.4. The predicted octanol–water partition coefficient (Wildman–Crippen LogP) is 19.9. The molecule has 12 aromatic heterocycles. The number of aromatic nitrogens is 4. The molecule has 8 nitrogen and oxygen atoms in total. The van der Waals surface area contributed by atoms with Gasteiger partial charge < -0.3 is 0 Å². The maximum Gasteiger partial charge on any atom is 0.130 e. The number of fused-ring (bicyclic) bond motifs is 15. The fourth-order valence-electron chi connectivity index (χ4n) is 11.9. The van der Waals surface area contributed by atoms with Crippen molar-refractivity contribution < 1.29 is 0 Å². The highest BCUT2D eigenvalue weighted by molar-refractivity contribution is 7.38. The first kappa shape index (κ1) is 49.1. The number of nitrogens with zero attached hydrogens (tertiary/aromatic N) is 8. The molecular weight excluding hydrogens is 1220 g/mol. The van der Waals surface area contributed by atoms with Gasteiger partial charge in [0.15, 0.2) is 0 Å². The smallest absolute Gasteiger partial charge is 0.130 e. The summed E-state index contributed by atoms with van der Waals surface area (Å²) in [7, 11) is 0. The van der Waals surface area contributed by atoms with Crippen molar-refractivity contribution in [3.8, 4) is 64.7 Å². The van der Waals surface area contributed by atoms with E-state index in [1.165, 1.54) is 109 Å². The maximum atomic E-state index is 9.61. The zero-order chi connectivity index (χ0) is 54.1. The Balaban J connectivity index is 0.960. The van der Waals surface area contributed by atoms with Crippen LogP contribution in [0.3, 0.4) is 0 Å². The molecule has 2 aliphatic rings. The summed E-state index contributed by atoms with van der Waals surface area (Å²) in [5.74, 6) is 0. The van der Waals surface area contributed by atoms with E-state index in [-0.39, 0.29) is 11.1 Å². The van der Waals surface area contributed by atoms with E-state index in [1.807, 2.05) is 150 Å². The first-order chi connectivity index (χ1) is 39.0. The Morgan fingerprint density at radius 3 is 1.06 bits per heavy atom. The number of hydrogen-bond donors (Lipinski definition) is 0. The molecule has 0 N–H and O–H groups in total. The lowest BCUT2D eigenvalue weighted by atomic mass is 9.75. The average Bonchev–Trinajstić information content (AvgIpc) is 3.96. The standard InChI is InChI=1S/C60H28N8S12/c1-25-5-13-39(69-25)59(40-14-6-26(2)70-40)43-51-37(19-35(73-51)33-11-9-31(17-29(21-61)22-62)47-49(33)67-79-65-47)75-53(43)55-45(59)57-58(77-55)46-56(78-57)54-44(60(46,41-15-7-27(3)71-41)42-16-8-28(4)72-42)52-38(76-54)20-36(74-52)34-12-10-32(18-30(23-63)24-64)48-50(34)68-80-66-48/h5-20H,1-4H3. The number of allylic oxidation sites excluding steroid dienone is 2. The number of rotatable bonds is 8. The van der Waals surface area contributed by atoms with Gasteiger partial charge in [0.2, 0.25) is 0 Å². The molecule has 0 saturated carbocycles. The second kappa shape index (κ2) is 17.9. The van der Waals surface area contributed by atoms with Crippen LogP contribution in [0.2, 0.25) is 0 Å². The second-order valence-corrected chi connectivity index (χ2v) is 32.0. The Hall–Kier alpha value is -6.70. The van der Waals surface area contributed by atoms with Crippen molar-refractivity contribution in [3.63, 3.8) is 0 Å². The predicted molar refractivity (Wildman–Crippen MR) is 343 cm³/mol. The third-order valence-electron chi connectivity index (χ3n) is 15.1. The summed E-state index contributed by atoms with van der Waals surface area (Å²) in [6.45, 7) is 8.93. The summed E-state index contributed by atoms with van der Waals surface area (Å²) in [6, 6.07) is 39.6. The average molecular weight is 1250 g/mol. The van der Waals surface area contributed by atoms with Crippen LogP contribution in [0.5, 0.6) is 0 Å². The van der Waals surface area contributed by atoms with Gasteiger partial charge in [-0.25, -0.2) is 0 Å². The van der Waals surface area contributed by atoms with Crippen molar-refractivity contribution in [2.45, 2.75) is 38.5 Å². The minimum atomic E-state index is -0.585. The monoisotopic (exact) mass is 1240 g/mol. The summed E-state index contributed by atoms with van der Waals surface area (Å²) < 4.78 is 26.8. The molecule has 20 heteroatoms. The molecule has 0 aliphatic heterocycles. The van der Waals surface area contributed by atoms with Crippen LogP contribution in [-0.2, 0) is 10.8 Å². The lowest BCUT2D eigenvalue weighted by Gasteiger charge is -2.30. The molecule has 0 unspecified atom stereocenters. The van der Waals surface area contributed by atoms with Gasteiger partial charge in [-0.3, -0.25) is 0 Å². The van der Waals surface area contributed by atoms with Gasteiger partial charge in [-0.15, -0.1) is 113 Å². The molecule has 0 fully saturated rings. The van der Waals surface area contributed by atoms with Crippen molar-refractivity contribution in [1.82, 2.24) is 17.5 Å². The maximum absolute atomic E-state index is 9.61. The topological polar surface area (TPSA) is 147 Å². The highest BCUT2D eigenvalue weighted by Crippen LogP contribution is 2.73. The van der Waals surface area contributed by atoms with Crippen LogP contribution in [0.15, 0.2) is 96.1 Å². The van der Waals surface area contributed by atoms with Crippen LogP contribution in [0.1, 0.15) is 72.4 Å². The van der Waals surface area contributed by atoms with Gasteiger partial charge in [0.05, 0.1) is 72.6 Å². The van der Waals surface area contributed by atoms with E-state index in [2.05, 4.69) is 109 Å². The molecule has 0 atom stereocenters. The first-order valence-corrected chi connectivity index (χ1v) is 34.3. The van der Waals surface area contributed by atoms with Gasteiger partial charge in [-0.2, -0.15) is 38.5 Å². The normalized spacial score (nSPS) is 13.7. The van der Waals surface area contributed by atoms with Crippen molar-refractivity contribution in [3.05, 3.63) is 168 Å². The number of benzene rings is 2. The Morgan fingerprint density at radius 2 is 0.725 bits per heavy atom. The summed E-state index contributed by atoms with van der Waals surface area (Å²) in [6.07, 6.45) is 3.20. The van der Waals surface area contributed by atoms with Gasteiger partial charge in [-0.1, -0.05) is 24.3 Å². The SMILES string of the molecule is Cc1ccc(C2(c3ccc(C)s3)c3c(sc4cc(-c5ccc(C=C(C#N)C#N)c6nsnc56)sc34)-c3sc4c5c(sc4c32)-c2sc3cc(-c4ccc(C=C(C#N)C#N)c6nsnc46)sc3c2C5(c2ccc(C)s2)c2ccc(C)s2)s1. The molecule has 0 bridgehead atoms. The van der Waals surface area contributed by atoms with E-state index in [0.29, 0.717) is 22.2 Å². The zero-order valence-corrected chi connectivity index (χ0v) is 51.5. The number of nitriles is 4. The number of thiophene rings is 10. The summed E-state index contributed by atoms with van der Waals surface area (Å²) in [4.78, 5) is 18.1. The fraction of sp³-hybridized carbons (Fsp3) is 0.100. The largest absolute Gasteiger partial charge is 0.192 e. The highest BCUT2D eigenvalue weighted by Gasteiger charge is 2.58. The third kappa shape index (κ3) is 6.59. The minimum Gasteiger partial charge on any atom is -0.192 e. The molecule has 0 spiro atoms. The van der Waals surface area contributed by atoms with Gasteiger partial charge in [0.1, 0.15) is 57.5 Å². The molecule has 14 aromatic rings. The molecule has 0 radical (unpaired) electrons. The Labute approximate surface area is 504 Å². The van der Waals surface area contributed by atoms with Gasteiger partial charge in [-0.05, 0) is 101 Å². The lowest BCUT2D eigenvalue weighted by molar-refractivity contribution is 0.826. The van der Waals surface area contributed by atoms with Gasteiger partial charge in [0.25, 0.3) is 0 Å². The Bertz CT molecular complexity index is 4850. The van der Waals surface area contributed by atoms with Crippen LogP contribution < -0.4 is 0 Å². The molecule has 2 aromatic carbocycles. The quantitative estimate of drug-likeness (QED) is 0.137. The zero-order valence-electron chi connectivity index (χ0n) is 41.7. The van der Waals surface area contributed by atoms with Crippen molar-refractivity contribution in [2.24, 2.45) is 0 Å². The van der Waals surface area contributed by atoms with Crippen LogP contribution in [0.25, 0.3) is 103 Å². The van der Waals surface area contributed by atoms with Gasteiger partial charge in [0, 0.05) is 103 Å². The second-order valence-electron chi connectivity index (χ2n) is 19.5. The van der Waals surface area contributed by atoms with E-state index in [9.17, 15) is 21.0 Å². The van der Waals surface area contributed by atoms with E-state index in [0.717, 1.165) is 55.4 Å². The molecule has 380 valence electrons. The van der Waals surface area contributed by atoms with E-state index < -0.39 is 10.8 Å². The Morgan fingerprint density at radius 1 is 0.388 bits per heavy atom. The first-order valence-electron chi connectivity index (χ1n) is 24.6. The van der Waals surface area contributed by atoms with E-state index in [4.69, 9.17) is 8.75 Å². The minimum absolute atomic E-state index is 0.0271. The van der Waals surface area contributed by atoms with E-state index in [1.54, 1.807) is 12.2 Å². The molecule has 0 saturated heterocycles. The van der Waals surface area contributed by atoms with Crippen LogP contribution in [-0.4, -0.2) is 17.5 Å². The van der Waals surface area contributed by atoms with Crippen molar-refractivity contribution >= 4 is 199 Å². The summed E-state index contributed by atoms with van der Waals surface area (Å²) in [5.41, 5.74) is 10.8. The summed E-state index contributed by atoms with van der Waals surface area (Å²) in [5, 5.41) is 38.4. The van der Waals surface area contributed by atoms with E-state index >= 15 is 0 Å². The number of aryl methyl sites for hydroxylation is 4. The van der Waals surface area contributed by atoms with Crippen LogP contribution in [0.4, 0.5) is 0 Å². The lowest BCUT2D eigenvalue weighted by Crippen LogP contribution is -2.26. The number of hydrogen-bond acceptors (Lipinski definition) is 20. The molecule has 12 heterocycles. The molecule has 2 aliphatic carbocycles. The molecule has 80 heavy (non-hydrogen) atoms. The third-order valence-corrected chi connectivity index (χ3v) is 28.4. The molecular formula is C60H28N8S12. The molecule has 16 rings (SSSR count). The molecule has 0 amide bonds. The van der Waals surface area contributed by atoms with Crippen molar-refractivity contribution in [2.75, 3.05) is 0 Å². The van der Waals surface area contributed by atoms with Gasteiger partial charge >= 0.3 is 0 Å². The van der Waals surface area contributed by atoms with Crippen LogP contribution in [0, 0.1) is 73.0 Å². The Kier molecular flexibility index (Phi) is 11.0. The van der Waals surface area contributed by atoms with Crippen LogP contribution >= 0.6 is 137 Å². The highest BCUT2D eigenvalue weighted by atomic mass is 32.1. The fourth-order valence-corrected chi connectivity index (χ4v) is 26.5. The van der Waals surface area contributed by atoms with Crippen molar-refractivity contribution in [1.29, 1.82) is 21.0 Å².